The molecule has 2 aromatic rings. The standard InChI is InChI=1S/C18H17N3OS/c1-13-7-9-14(10-8-13)17(22)16(18-19-11-12-23-18)21-20-15-5-3-2-4-6-15/h2-10,20H,11-12H2,1H3/b21-16+. The second-order valence-electron chi connectivity index (χ2n) is 5.17. The minimum Gasteiger partial charge on any atom is -0.287 e. The number of thioether (sulfide) groups is 1. The normalized spacial score (nSPS) is 14.5. The van der Waals surface area contributed by atoms with Crippen LogP contribution in [0.2, 0.25) is 0 Å². The van der Waals surface area contributed by atoms with Crippen molar-refractivity contribution < 1.29 is 4.79 Å². The van der Waals surface area contributed by atoms with Gasteiger partial charge >= 0.3 is 0 Å². The van der Waals surface area contributed by atoms with E-state index in [1.165, 1.54) is 0 Å². The first-order valence-electron chi connectivity index (χ1n) is 7.42. The number of Topliss-reactive ketones (excluding diaryl/α,β-unsaturated/α-hetero) is 1. The van der Waals surface area contributed by atoms with Crippen LogP contribution in [0.5, 0.6) is 0 Å². The molecule has 1 N–H and O–H groups in total. The highest BCUT2D eigenvalue weighted by Crippen LogP contribution is 2.17. The SMILES string of the molecule is Cc1ccc(C(=O)/C(=N\Nc2ccccc2)C2=NCCS2)cc1. The number of aliphatic imine (C=N–C) groups is 1. The molecule has 2 aromatic carbocycles. The van der Waals surface area contributed by atoms with Gasteiger partial charge in [0.2, 0.25) is 5.78 Å². The van der Waals surface area contributed by atoms with E-state index in [9.17, 15) is 4.79 Å². The lowest BCUT2D eigenvalue weighted by Gasteiger charge is -2.07. The van der Waals surface area contributed by atoms with Crippen molar-refractivity contribution in [2.75, 3.05) is 17.7 Å². The van der Waals surface area contributed by atoms with Gasteiger partial charge in [0, 0.05) is 17.9 Å². The number of aryl methyl sites for hydroxylation is 1. The minimum absolute atomic E-state index is 0.110. The fraction of sp³-hybridized carbons (Fsp3) is 0.167. The second-order valence-corrected chi connectivity index (χ2v) is 6.25. The molecule has 3 rings (SSSR count). The van der Waals surface area contributed by atoms with Gasteiger partial charge in [-0.2, -0.15) is 5.10 Å². The van der Waals surface area contributed by atoms with Gasteiger partial charge in [-0.25, -0.2) is 0 Å². The molecule has 0 saturated heterocycles. The number of hydrogen-bond acceptors (Lipinski definition) is 5. The zero-order valence-corrected chi connectivity index (χ0v) is 13.6. The molecule has 1 heterocycles. The molecule has 0 atom stereocenters. The van der Waals surface area contributed by atoms with Gasteiger partial charge in [-0.15, -0.1) is 11.8 Å². The van der Waals surface area contributed by atoms with E-state index >= 15 is 0 Å². The van der Waals surface area contributed by atoms with E-state index < -0.39 is 0 Å². The summed E-state index contributed by atoms with van der Waals surface area (Å²) in [5, 5.41) is 5.05. The van der Waals surface area contributed by atoms with Crippen LogP contribution in [0.1, 0.15) is 15.9 Å². The van der Waals surface area contributed by atoms with Crippen LogP contribution in [-0.2, 0) is 0 Å². The Kier molecular flexibility index (Phi) is 4.88. The molecule has 0 saturated carbocycles. The van der Waals surface area contributed by atoms with E-state index in [1.807, 2.05) is 61.5 Å². The van der Waals surface area contributed by atoms with Gasteiger partial charge in [-0.05, 0) is 19.1 Å². The maximum Gasteiger partial charge on any atom is 0.215 e. The van der Waals surface area contributed by atoms with Crippen LogP contribution in [0.15, 0.2) is 64.7 Å². The van der Waals surface area contributed by atoms with Crippen molar-refractivity contribution in [3.8, 4) is 0 Å². The van der Waals surface area contributed by atoms with Crippen LogP contribution >= 0.6 is 11.8 Å². The van der Waals surface area contributed by atoms with E-state index in [-0.39, 0.29) is 5.78 Å². The van der Waals surface area contributed by atoms with Crippen molar-refractivity contribution in [1.82, 2.24) is 0 Å². The molecule has 0 aromatic heterocycles. The number of carbonyl (C=O) groups excluding carboxylic acids is 1. The van der Waals surface area contributed by atoms with Crippen molar-refractivity contribution in [2.24, 2.45) is 10.1 Å². The van der Waals surface area contributed by atoms with Crippen LogP contribution in [0.4, 0.5) is 5.69 Å². The summed E-state index contributed by atoms with van der Waals surface area (Å²) in [4.78, 5) is 17.2. The number of para-hydroxylation sites is 1. The van der Waals surface area contributed by atoms with Crippen LogP contribution in [0, 0.1) is 6.92 Å². The fourth-order valence-corrected chi connectivity index (χ4v) is 2.98. The third-order valence-electron chi connectivity index (χ3n) is 3.39. The molecule has 116 valence electrons. The van der Waals surface area contributed by atoms with Gasteiger partial charge in [0.25, 0.3) is 0 Å². The first kappa shape index (κ1) is 15.5. The van der Waals surface area contributed by atoms with E-state index in [1.54, 1.807) is 11.8 Å². The van der Waals surface area contributed by atoms with Gasteiger partial charge in [0.1, 0.15) is 5.04 Å². The monoisotopic (exact) mass is 323 g/mol. The number of benzene rings is 2. The molecule has 0 amide bonds. The predicted octanol–water partition coefficient (Wildman–Crippen LogP) is 3.79. The number of nitrogens with zero attached hydrogens (tertiary/aromatic N) is 2. The zero-order chi connectivity index (χ0) is 16.1. The summed E-state index contributed by atoms with van der Waals surface area (Å²) in [5.74, 6) is 0.780. The molecule has 0 spiro atoms. The lowest BCUT2D eigenvalue weighted by molar-refractivity contribution is 0.106. The van der Waals surface area contributed by atoms with Crippen molar-refractivity contribution in [3.05, 3.63) is 65.7 Å². The smallest absolute Gasteiger partial charge is 0.215 e. The van der Waals surface area contributed by atoms with E-state index in [2.05, 4.69) is 15.5 Å². The number of ketones is 1. The first-order valence-corrected chi connectivity index (χ1v) is 8.40. The molecule has 5 heteroatoms. The highest BCUT2D eigenvalue weighted by molar-refractivity contribution is 8.16. The molecule has 0 radical (unpaired) electrons. The molecule has 4 nitrogen and oxygen atoms in total. The summed E-state index contributed by atoms with van der Waals surface area (Å²) in [5.41, 5.74) is 5.91. The second kappa shape index (κ2) is 7.24. The third kappa shape index (κ3) is 3.87. The zero-order valence-electron chi connectivity index (χ0n) is 12.8. The van der Waals surface area contributed by atoms with Crippen molar-refractivity contribution in [1.29, 1.82) is 0 Å². The van der Waals surface area contributed by atoms with Crippen LogP contribution < -0.4 is 5.43 Å². The summed E-state index contributed by atoms with van der Waals surface area (Å²) in [6, 6.07) is 17.1. The maximum atomic E-state index is 12.8. The van der Waals surface area contributed by atoms with E-state index in [0.29, 0.717) is 16.3 Å². The topological polar surface area (TPSA) is 53.8 Å². The Morgan fingerprint density at radius 3 is 2.52 bits per heavy atom. The van der Waals surface area contributed by atoms with Gasteiger partial charge in [-0.3, -0.25) is 15.2 Å². The molecular formula is C18H17N3OS. The number of anilines is 1. The Morgan fingerprint density at radius 1 is 1.13 bits per heavy atom. The first-order chi connectivity index (χ1) is 11.2. The molecule has 0 fully saturated rings. The summed E-state index contributed by atoms with van der Waals surface area (Å²) in [6.07, 6.45) is 0. The Morgan fingerprint density at radius 2 is 1.87 bits per heavy atom. The van der Waals surface area contributed by atoms with Crippen molar-refractivity contribution in [3.63, 3.8) is 0 Å². The molecule has 23 heavy (non-hydrogen) atoms. The average Bonchev–Trinajstić information content (AvgIpc) is 3.11. The molecule has 0 aliphatic carbocycles. The van der Waals surface area contributed by atoms with E-state index in [0.717, 1.165) is 23.5 Å². The Hall–Kier alpha value is -2.40. The van der Waals surface area contributed by atoms with Gasteiger partial charge in [0.15, 0.2) is 5.71 Å². The Labute approximate surface area is 139 Å². The predicted molar refractivity (Wildman–Crippen MR) is 97.8 cm³/mol. The maximum absolute atomic E-state index is 12.8. The largest absolute Gasteiger partial charge is 0.287 e. The quantitative estimate of drug-likeness (QED) is 0.517. The summed E-state index contributed by atoms with van der Waals surface area (Å²) in [6.45, 7) is 2.72. The third-order valence-corrected chi connectivity index (χ3v) is 4.37. The molecular weight excluding hydrogens is 306 g/mol. The summed E-state index contributed by atoms with van der Waals surface area (Å²) in [7, 11) is 0. The van der Waals surface area contributed by atoms with Gasteiger partial charge in [-0.1, -0.05) is 48.0 Å². The minimum atomic E-state index is -0.110. The summed E-state index contributed by atoms with van der Waals surface area (Å²) < 4.78 is 0. The number of nitrogens with one attached hydrogen (secondary N) is 1. The van der Waals surface area contributed by atoms with Gasteiger partial charge in [0.05, 0.1) is 5.69 Å². The summed E-state index contributed by atoms with van der Waals surface area (Å²) >= 11 is 1.57. The van der Waals surface area contributed by atoms with Crippen molar-refractivity contribution >= 4 is 34.0 Å². The van der Waals surface area contributed by atoms with Crippen LogP contribution in [0.25, 0.3) is 0 Å². The number of rotatable bonds is 5. The van der Waals surface area contributed by atoms with Crippen LogP contribution in [-0.4, -0.2) is 28.8 Å². The van der Waals surface area contributed by atoms with Crippen LogP contribution in [0.3, 0.4) is 0 Å². The molecule has 1 aliphatic heterocycles. The molecule has 0 unspecified atom stereocenters. The van der Waals surface area contributed by atoms with Crippen molar-refractivity contribution in [2.45, 2.75) is 6.92 Å². The molecule has 0 bridgehead atoms. The van der Waals surface area contributed by atoms with Gasteiger partial charge < -0.3 is 0 Å². The lowest BCUT2D eigenvalue weighted by atomic mass is 10.1. The average molecular weight is 323 g/mol. The lowest BCUT2D eigenvalue weighted by Crippen LogP contribution is -2.23. The Balaban J connectivity index is 1.89. The highest BCUT2D eigenvalue weighted by atomic mass is 32.2. The number of hydrogen-bond donors (Lipinski definition) is 1. The van der Waals surface area contributed by atoms with E-state index in [4.69, 9.17) is 0 Å². The highest BCUT2D eigenvalue weighted by Gasteiger charge is 2.23. The fourth-order valence-electron chi connectivity index (χ4n) is 2.15. The number of hydrazone groups is 1. The number of carbonyl (C=O) groups is 1. The molecule has 1 aliphatic rings. The Bertz CT molecular complexity index is 752.